The van der Waals surface area contributed by atoms with Crippen LogP contribution in [0.4, 0.5) is 22.0 Å². The molecule has 0 unspecified atom stereocenters. The molecule has 0 saturated carbocycles. The molecule has 0 radical (unpaired) electrons. The summed E-state index contributed by atoms with van der Waals surface area (Å²) >= 11 is 0. The second kappa shape index (κ2) is 14.9. The number of morpholine rings is 1. The first-order valence-corrected chi connectivity index (χ1v) is 15.5. The van der Waals surface area contributed by atoms with Crippen molar-refractivity contribution in [3.63, 3.8) is 0 Å². The summed E-state index contributed by atoms with van der Waals surface area (Å²) in [5.41, 5.74) is 3.21. The molecule has 2 saturated heterocycles. The van der Waals surface area contributed by atoms with Crippen LogP contribution in [-0.2, 0) is 27.4 Å². The first-order valence-electron chi connectivity index (χ1n) is 15.5. The molecule has 2 heterocycles. The zero-order valence-electron chi connectivity index (χ0n) is 25.7. The molecule has 48 heavy (non-hydrogen) atoms. The maximum atomic E-state index is 14.1. The fourth-order valence-electron chi connectivity index (χ4n) is 5.87. The summed E-state index contributed by atoms with van der Waals surface area (Å²) in [5, 5.41) is 11.7. The average molecular weight is 669 g/mol. The molecule has 6 rings (SSSR count). The van der Waals surface area contributed by atoms with E-state index in [1.54, 1.807) is 18.2 Å². The van der Waals surface area contributed by atoms with Gasteiger partial charge in [-0.3, -0.25) is 9.69 Å². The summed E-state index contributed by atoms with van der Waals surface area (Å²) in [7, 11) is 0. The predicted molar refractivity (Wildman–Crippen MR) is 165 cm³/mol. The maximum absolute atomic E-state index is 14.1. The topological polar surface area (TPSA) is 80.3 Å². The van der Waals surface area contributed by atoms with Crippen LogP contribution in [0.1, 0.15) is 51.4 Å². The van der Waals surface area contributed by atoms with Crippen molar-refractivity contribution in [1.29, 1.82) is 0 Å². The minimum Gasteiger partial charge on any atom is -0.392 e. The van der Waals surface area contributed by atoms with Crippen LogP contribution in [0.25, 0.3) is 11.1 Å². The summed E-state index contributed by atoms with van der Waals surface area (Å²) in [6.07, 6.45) is -0.289. The molecular weight excluding hydrogens is 635 g/mol. The third-order valence-electron chi connectivity index (χ3n) is 8.51. The van der Waals surface area contributed by atoms with Gasteiger partial charge in [0, 0.05) is 38.2 Å². The Morgan fingerprint density at radius 3 is 2.08 bits per heavy atom. The molecule has 7 nitrogen and oxygen atoms in total. The second-order valence-corrected chi connectivity index (χ2v) is 11.7. The molecule has 2 fully saturated rings. The van der Waals surface area contributed by atoms with E-state index in [1.165, 1.54) is 0 Å². The number of amides is 1. The van der Waals surface area contributed by atoms with Gasteiger partial charge in [0.2, 0.25) is 5.82 Å². The first-order chi connectivity index (χ1) is 23.2. The molecule has 3 atom stereocenters. The molecular formula is C36H33F5N2O5. The van der Waals surface area contributed by atoms with Crippen molar-refractivity contribution in [2.24, 2.45) is 0 Å². The van der Waals surface area contributed by atoms with Crippen molar-refractivity contribution in [2.45, 2.75) is 38.1 Å². The van der Waals surface area contributed by atoms with Crippen LogP contribution in [0.3, 0.4) is 0 Å². The van der Waals surface area contributed by atoms with Gasteiger partial charge < -0.3 is 24.6 Å². The zero-order chi connectivity index (χ0) is 33.8. The van der Waals surface area contributed by atoms with Crippen molar-refractivity contribution in [3.05, 3.63) is 130 Å². The minimum absolute atomic E-state index is 0.0422. The number of aliphatic hydroxyl groups is 1. The maximum Gasteiger partial charge on any atom is 0.257 e. The summed E-state index contributed by atoms with van der Waals surface area (Å²) in [5.74, 6) is -12.5. The Hall–Kier alpha value is -4.20. The molecule has 0 spiro atoms. The number of carbonyl (C=O) groups is 1. The van der Waals surface area contributed by atoms with Gasteiger partial charge >= 0.3 is 0 Å². The Balaban J connectivity index is 1.16. The highest BCUT2D eigenvalue weighted by molar-refractivity contribution is 5.94. The van der Waals surface area contributed by atoms with E-state index in [1.807, 2.05) is 54.6 Å². The van der Waals surface area contributed by atoms with Gasteiger partial charge in [0.15, 0.2) is 29.6 Å². The highest BCUT2D eigenvalue weighted by Gasteiger charge is 2.34. The molecule has 2 aliphatic rings. The number of nitrogens with one attached hydrogen (secondary N) is 1. The van der Waals surface area contributed by atoms with Gasteiger partial charge in [-0.1, -0.05) is 66.7 Å². The Morgan fingerprint density at radius 2 is 1.42 bits per heavy atom. The van der Waals surface area contributed by atoms with Crippen LogP contribution >= 0.6 is 0 Å². The average Bonchev–Trinajstić information content (AvgIpc) is 3.13. The van der Waals surface area contributed by atoms with Crippen LogP contribution in [0.5, 0.6) is 0 Å². The fraction of sp³-hybridized carbons (Fsp3) is 0.306. The number of aliphatic hydroxyl groups excluding tert-OH is 1. The molecule has 2 aliphatic heterocycles. The molecule has 12 heteroatoms. The van der Waals surface area contributed by atoms with Crippen LogP contribution in [0.15, 0.2) is 72.8 Å². The normalized spacial score (nSPS) is 20.1. The first kappa shape index (κ1) is 33.7. The van der Waals surface area contributed by atoms with E-state index in [-0.39, 0.29) is 25.4 Å². The quantitative estimate of drug-likeness (QED) is 0.123. The van der Waals surface area contributed by atoms with Crippen molar-refractivity contribution in [2.75, 3.05) is 32.8 Å². The van der Waals surface area contributed by atoms with Gasteiger partial charge in [-0.05, 0) is 33.9 Å². The Morgan fingerprint density at radius 1 is 0.771 bits per heavy atom. The van der Waals surface area contributed by atoms with E-state index in [9.17, 15) is 31.9 Å². The smallest absolute Gasteiger partial charge is 0.257 e. The van der Waals surface area contributed by atoms with Crippen LogP contribution in [-0.4, -0.2) is 54.9 Å². The van der Waals surface area contributed by atoms with Gasteiger partial charge in [-0.15, -0.1) is 0 Å². The van der Waals surface area contributed by atoms with Gasteiger partial charge in [-0.25, -0.2) is 22.0 Å². The third kappa shape index (κ3) is 7.43. The number of nitrogens with zero attached hydrogens (tertiary/aromatic N) is 1. The number of hydrogen-bond donors (Lipinski definition) is 2. The van der Waals surface area contributed by atoms with E-state index < -0.39 is 46.8 Å². The van der Waals surface area contributed by atoms with Crippen molar-refractivity contribution < 1.29 is 46.1 Å². The fourth-order valence-corrected chi connectivity index (χ4v) is 5.87. The lowest BCUT2D eigenvalue weighted by atomic mass is 9.99. The molecule has 0 aliphatic carbocycles. The van der Waals surface area contributed by atoms with E-state index >= 15 is 0 Å². The zero-order valence-corrected chi connectivity index (χ0v) is 25.7. The Kier molecular flexibility index (Phi) is 10.5. The van der Waals surface area contributed by atoms with Gasteiger partial charge in [0.05, 0.1) is 32.0 Å². The third-order valence-corrected chi connectivity index (χ3v) is 8.51. The van der Waals surface area contributed by atoms with Gasteiger partial charge in [-0.2, -0.15) is 0 Å². The summed E-state index contributed by atoms with van der Waals surface area (Å²) in [6, 6.07) is 22.2. The Labute approximate surface area is 273 Å². The molecule has 4 aromatic rings. The van der Waals surface area contributed by atoms with E-state index in [4.69, 9.17) is 14.2 Å². The van der Waals surface area contributed by atoms with Gasteiger partial charge in [0.1, 0.15) is 5.56 Å². The van der Waals surface area contributed by atoms with Crippen molar-refractivity contribution >= 4 is 5.91 Å². The summed E-state index contributed by atoms with van der Waals surface area (Å²) in [6.45, 7) is 3.49. The molecule has 0 bridgehead atoms. The lowest BCUT2D eigenvalue weighted by Crippen LogP contribution is -2.44. The van der Waals surface area contributed by atoms with Crippen LogP contribution in [0, 0.1) is 29.1 Å². The predicted octanol–water partition coefficient (Wildman–Crippen LogP) is 6.35. The highest BCUT2D eigenvalue weighted by atomic mass is 19.2. The summed E-state index contributed by atoms with van der Waals surface area (Å²) in [4.78, 5) is 14.7. The lowest BCUT2D eigenvalue weighted by molar-refractivity contribution is -0.253. The number of ether oxygens (including phenoxy) is 3. The molecule has 252 valence electrons. The molecule has 2 N–H and O–H groups in total. The van der Waals surface area contributed by atoms with Crippen molar-refractivity contribution in [1.82, 2.24) is 10.2 Å². The molecule has 4 aromatic carbocycles. The van der Waals surface area contributed by atoms with Crippen LogP contribution in [0.2, 0.25) is 0 Å². The number of carbonyl (C=O) groups excluding carboxylic acids is 1. The number of benzene rings is 4. The highest BCUT2D eigenvalue weighted by Crippen LogP contribution is 2.39. The number of hydrogen-bond acceptors (Lipinski definition) is 6. The van der Waals surface area contributed by atoms with E-state index in [0.29, 0.717) is 25.2 Å². The molecule has 1 amide bonds. The lowest BCUT2D eigenvalue weighted by Gasteiger charge is -2.39. The Bertz CT molecular complexity index is 1720. The number of rotatable bonds is 9. The largest absolute Gasteiger partial charge is 0.392 e. The standard InChI is InChI=1S/C36H33F5N2O5/c37-30-29(31(38)33(40)34(41)32(30)39)35(45)42-18-22-2-1-3-26(16-22)23-8-10-25(11-9-23)36-47-27(19-43-12-14-46-15-13-43)17-28(48-36)24-6-4-21(20-44)5-7-24/h1-11,16,27-28,36,44H,12-15,17-20H2,(H,42,45)/t27-,28+,36+/m0/s1. The molecule has 0 aromatic heterocycles. The monoisotopic (exact) mass is 668 g/mol. The minimum atomic E-state index is -2.33. The van der Waals surface area contributed by atoms with Crippen molar-refractivity contribution in [3.8, 4) is 11.1 Å². The SMILES string of the molecule is O=C(NCc1cccc(-c2ccc([C@@H]3O[C@H](CN4CCOCC4)C[C@H](c4ccc(CO)cc4)O3)cc2)c1)c1c(F)c(F)c(F)c(F)c1F. The number of halogens is 5. The van der Waals surface area contributed by atoms with E-state index in [0.717, 1.165) is 47.5 Å². The van der Waals surface area contributed by atoms with Crippen LogP contribution < -0.4 is 5.32 Å². The summed E-state index contributed by atoms with van der Waals surface area (Å²) < 4.78 is 87.1. The van der Waals surface area contributed by atoms with E-state index in [2.05, 4.69) is 10.2 Å². The van der Waals surface area contributed by atoms with Gasteiger partial charge in [0.25, 0.3) is 5.91 Å². The second-order valence-electron chi connectivity index (χ2n) is 11.7.